The maximum Gasteiger partial charge on any atom is 0.270 e. The number of hydrogen-bond acceptors (Lipinski definition) is 14. The lowest BCUT2D eigenvalue weighted by Crippen LogP contribution is -2.52. The number of aromatic nitrogens is 3. The molecule has 1 unspecified atom stereocenters. The number of nitrogens with one attached hydrogen (secondary N) is 3. The molecule has 8 heterocycles. The number of benzene rings is 3. The van der Waals surface area contributed by atoms with Crippen molar-refractivity contribution in [2.24, 2.45) is 11.1 Å². The minimum absolute atomic E-state index is 0.0328. The molecule has 0 aliphatic carbocycles. The molecule has 6 aliphatic rings. The number of pyridine rings is 1. The van der Waals surface area contributed by atoms with Gasteiger partial charge in [-0.15, -0.1) is 0 Å². The highest BCUT2D eigenvalue weighted by atomic mass is 32.2. The number of hydrogen-bond donors (Lipinski definition) is 4. The molecule has 4 fully saturated rings. The first kappa shape index (κ1) is 51.0. The number of amides is 5. The van der Waals surface area contributed by atoms with Gasteiger partial charge in [-0.25, -0.2) is 19.3 Å². The van der Waals surface area contributed by atoms with Gasteiger partial charge in [-0.05, 0) is 117 Å². The normalized spacial score (nSPS) is 21.9. The lowest BCUT2D eigenvalue weighted by Gasteiger charge is -2.41. The maximum atomic E-state index is 15.7. The monoisotopic (exact) mass is 1050 g/mol. The molecule has 0 radical (unpaired) electrons. The first-order valence-corrected chi connectivity index (χ1v) is 26.8. The summed E-state index contributed by atoms with van der Waals surface area (Å²) in [6.07, 6.45) is 10.2. The zero-order valence-corrected chi connectivity index (χ0v) is 42.9. The number of carbonyl (C=O) groups excluding carboxylic acids is 5. The Morgan fingerprint density at radius 2 is 1.70 bits per heavy atom. The molecule has 5 N–H and O–H groups in total. The van der Waals surface area contributed by atoms with Crippen molar-refractivity contribution >= 4 is 64.1 Å². The van der Waals surface area contributed by atoms with Gasteiger partial charge < -0.3 is 35.8 Å². The van der Waals surface area contributed by atoms with Crippen LogP contribution in [0.3, 0.4) is 0 Å². The number of rotatable bonds is 12. The van der Waals surface area contributed by atoms with E-state index in [1.165, 1.54) is 28.8 Å². The van der Waals surface area contributed by atoms with Crippen LogP contribution in [0.25, 0.3) is 5.57 Å². The summed E-state index contributed by atoms with van der Waals surface area (Å²) in [6.45, 7) is 7.39. The molecule has 3 atom stereocenters. The summed E-state index contributed by atoms with van der Waals surface area (Å²) in [5.41, 5.74) is 10.8. The molecule has 394 valence electrons. The van der Waals surface area contributed by atoms with Crippen LogP contribution in [-0.4, -0.2) is 124 Å². The predicted octanol–water partition coefficient (Wildman–Crippen LogP) is 6.34. The number of ether oxygens (including phenoxy) is 1. The van der Waals surface area contributed by atoms with Gasteiger partial charge in [0.05, 0.1) is 30.8 Å². The van der Waals surface area contributed by atoms with E-state index >= 15 is 8.78 Å². The Bertz CT molecular complexity index is 3130. The molecule has 5 aromatic rings. The van der Waals surface area contributed by atoms with Crippen LogP contribution in [0, 0.1) is 17.2 Å². The van der Waals surface area contributed by atoms with Crippen LogP contribution in [0.1, 0.15) is 99.8 Å². The van der Waals surface area contributed by atoms with Gasteiger partial charge in [0.25, 0.3) is 17.7 Å². The molecule has 1 spiro atoms. The average Bonchev–Trinajstić information content (AvgIpc) is 3.90. The Morgan fingerprint density at radius 3 is 2.41 bits per heavy atom. The van der Waals surface area contributed by atoms with Crippen LogP contribution in [0.15, 0.2) is 101 Å². The number of anilines is 3. The average molecular weight is 1050 g/mol. The minimum atomic E-state index is -0.726. The van der Waals surface area contributed by atoms with Crippen molar-refractivity contribution in [3.8, 4) is 0 Å². The summed E-state index contributed by atoms with van der Waals surface area (Å²) >= 11 is 1.44. The molecule has 0 saturated carbocycles. The van der Waals surface area contributed by atoms with E-state index in [-0.39, 0.29) is 72.6 Å². The quantitative estimate of drug-likeness (QED) is 0.0796. The number of nitrogens with two attached hydrogens (primary N) is 1. The Kier molecular flexibility index (Phi) is 14.4. The van der Waals surface area contributed by atoms with Crippen molar-refractivity contribution in [2.75, 3.05) is 61.0 Å². The summed E-state index contributed by atoms with van der Waals surface area (Å²) < 4.78 is 37.1. The second kappa shape index (κ2) is 21.5. The first-order valence-electron chi connectivity index (χ1n) is 26.0. The second-order valence-electron chi connectivity index (χ2n) is 20.7. The Morgan fingerprint density at radius 1 is 0.882 bits per heavy atom. The van der Waals surface area contributed by atoms with Crippen LogP contribution in [0.4, 0.5) is 26.0 Å². The smallest absolute Gasteiger partial charge is 0.270 e. The third-order valence-electron chi connectivity index (χ3n) is 16.1. The number of piperidine rings is 3. The minimum Gasteiger partial charge on any atom is -0.376 e. The van der Waals surface area contributed by atoms with Crippen molar-refractivity contribution in [2.45, 2.75) is 99.1 Å². The Balaban J connectivity index is 0.623. The topological polar surface area (TPSA) is 208 Å². The van der Waals surface area contributed by atoms with E-state index in [0.29, 0.717) is 67.3 Å². The molecule has 2 aromatic heterocycles. The predicted molar refractivity (Wildman–Crippen MR) is 281 cm³/mol. The summed E-state index contributed by atoms with van der Waals surface area (Å²) in [7, 11) is 0. The van der Waals surface area contributed by atoms with Gasteiger partial charge >= 0.3 is 0 Å². The summed E-state index contributed by atoms with van der Waals surface area (Å²) in [5.74, 6) is -2.44. The molecule has 3 aromatic carbocycles. The van der Waals surface area contributed by atoms with Crippen LogP contribution in [0.2, 0.25) is 0 Å². The van der Waals surface area contributed by atoms with Crippen molar-refractivity contribution < 1.29 is 37.5 Å². The van der Waals surface area contributed by atoms with E-state index in [0.717, 1.165) is 65.6 Å². The number of carbonyl (C=O) groups is 5. The highest BCUT2D eigenvalue weighted by molar-refractivity contribution is 7.99. The lowest BCUT2D eigenvalue weighted by atomic mass is 9.73. The van der Waals surface area contributed by atoms with Gasteiger partial charge in [0.1, 0.15) is 28.4 Å². The van der Waals surface area contributed by atoms with Gasteiger partial charge in [-0.2, -0.15) is 4.39 Å². The molecule has 17 nitrogen and oxygen atoms in total. The molecule has 4 saturated heterocycles. The highest BCUT2D eigenvalue weighted by Crippen LogP contribution is 2.42. The van der Waals surface area contributed by atoms with Crippen LogP contribution < -0.4 is 31.5 Å². The van der Waals surface area contributed by atoms with E-state index in [9.17, 15) is 24.0 Å². The fourth-order valence-electron chi connectivity index (χ4n) is 11.6. The maximum absolute atomic E-state index is 15.7. The van der Waals surface area contributed by atoms with E-state index in [1.54, 1.807) is 54.9 Å². The number of halogens is 2. The largest absolute Gasteiger partial charge is 0.376 e. The van der Waals surface area contributed by atoms with E-state index in [1.807, 2.05) is 36.1 Å². The summed E-state index contributed by atoms with van der Waals surface area (Å²) in [4.78, 5) is 85.9. The molecule has 20 heteroatoms. The second-order valence-corrected chi connectivity index (χ2v) is 21.7. The fourth-order valence-corrected chi connectivity index (χ4v) is 12.4. The van der Waals surface area contributed by atoms with Crippen molar-refractivity contribution in [1.29, 1.82) is 0 Å². The third kappa shape index (κ3) is 10.5. The molecule has 5 amide bonds. The van der Waals surface area contributed by atoms with Crippen molar-refractivity contribution in [3.05, 3.63) is 137 Å². The molecule has 76 heavy (non-hydrogen) atoms. The van der Waals surface area contributed by atoms with Crippen molar-refractivity contribution in [1.82, 2.24) is 35.4 Å². The van der Waals surface area contributed by atoms with Gasteiger partial charge in [0, 0.05) is 104 Å². The molecular formula is C56H59F2N11O6S. The van der Waals surface area contributed by atoms with Crippen molar-refractivity contribution in [3.63, 3.8) is 0 Å². The fraction of sp³-hybridized carbons (Fsp3) is 0.393. The molecule has 11 rings (SSSR count). The molecular weight excluding hydrogens is 993 g/mol. The third-order valence-corrected chi connectivity index (χ3v) is 17.0. The lowest BCUT2D eigenvalue weighted by molar-refractivity contribution is -0.136. The zero-order valence-electron chi connectivity index (χ0n) is 42.1. The van der Waals surface area contributed by atoms with Crippen LogP contribution >= 0.6 is 11.8 Å². The molecule has 6 aliphatic heterocycles. The first-order chi connectivity index (χ1) is 36.8. The summed E-state index contributed by atoms with van der Waals surface area (Å²) in [5, 5.41) is 8.72. The SMILES string of the molecule is C[C@@H]1OCC2(CCN(c3cnc(Sc4cccc(NC(=O)c5ccc(N6CCC(N7CC=C(c8ccc(C(=O)NCc9ccc%10c(c9)CN(C9CCC(=O)NC9=O)C%10=O)nc8F)CC7)CC6)c(F)c5)c4)cn3)CC2)[C@@H]1N. The molecule has 0 bridgehead atoms. The van der Waals surface area contributed by atoms with E-state index in [2.05, 4.69) is 35.7 Å². The zero-order chi connectivity index (χ0) is 52.7. The number of fused-ring (bicyclic) bond motifs is 1. The van der Waals surface area contributed by atoms with Gasteiger partial charge in [-0.3, -0.25) is 34.2 Å². The van der Waals surface area contributed by atoms with Crippen LogP contribution in [0.5, 0.6) is 0 Å². The summed E-state index contributed by atoms with van der Waals surface area (Å²) in [6, 6.07) is 19.9. The van der Waals surface area contributed by atoms with Gasteiger partial charge in [0.15, 0.2) is 0 Å². The van der Waals surface area contributed by atoms with Gasteiger partial charge in [0.2, 0.25) is 17.8 Å². The van der Waals surface area contributed by atoms with Crippen LogP contribution in [-0.2, 0) is 27.4 Å². The Labute approximate surface area is 443 Å². The standard InChI is InChI=1S/C56H59F2N11O6S/c1-33-50(59)56(32-75-33)17-23-68(24-18-56)47-29-61-49(30-60-47)76-40-4-2-3-38(27-40)63-52(71)36-6-10-45(43(57)26-36)67-21-15-39(16-22-67)66-19-13-35(14-20-66)41-8-9-44(64-51(41)58)53(72)62-28-34-5-7-42-37(25-34)31-69(55(42)74)46-11-12-48(70)65-54(46)73/h2-10,13,25-27,29-30,33,39,46,50H,11-12,14-24,28,31-32,59H2,1H3,(H,62,72)(H,63,71)(H,65,70,73)/t33-,46?,50+/m0/s1. The Hall–Kier alpha value is -7.13. The van der Waals surface area contributed by atoms with E-state index in [4.69, 9.17) is 15.5 Å². The highest BCUT2D eigenvalue weighted by Gasteiger charge is 2.48. The number of imide groups is 1. The number of nitrogens with zero attached hydrogens (tertiary/aromatic N) is 7. The van der Waals surface area contributed by atoms with E-state index < -0.39 is 35.5 Å². The van der Waals surface area contributed by atoms with Gasteiger partial charge in [-0.1, -0.05) is 36.0 Å².